The van der Waals surface area contributed by atoms with Crippen LogP contribution in [0.1, 0.15) is 86.0 Å². The van der Waals surface area contributed by atoms with Gasteiger partial charge in [0, 0.05) is 113 Å². The third-order valence-corrected chi connectivity index (χ3v) is 34.4. The van der Waals surface area contributed by atoms with Gasteiger partial charge in [-0.3, -0.25) is 62.4 Å². The lowest BCUT2D eigenvalue weighted by Crippen LogP contribution is -2.21. The van der Waals surface area contributed by atoms with Gasteiger partial charge in [0.15, 0.2) is 5.75 Å². The zero-order chi connectivity index (χ0) is 102. The van der Waals surface area contributed by atoms with Crippen molar-refractivity contribution >= 4 is 217 Å². The van der Waals surface area contributed by atoms with Crippen LogP contribution < -0.4 is 29.5 Å². The van der Waals surface area contributed by atoms with E-state index in [-0.39, 0.29) is 42.0 Å². The zero-order valence-electron chi connectivity index (χ0n) is 80.1. The lowest BCUT2D eigenvalue weighted by atomic mass is 10.1. The number of benzene rings is 10. The molecule has 0 bridgehead atoms. The molecule has 0 saturated heterocycles. The average molecular weight is 2080 g/mol. The molecule has 3 amide bonds. The highest BCUT2D eigenvalue weighted by atomic mass is 32.2. The van der Waals surface area contributed by atoms with Gasteiger partial charge in [-0.2, -0.15) is 28.7 Å². The van der Waals surface area contributed by atoms with Gasteiger partial charge in [-0.15, -0.1) is 11.3 Å². The van der Waals surface area contributed by atoms with Crippen LogP contribution in [0.2, 0.25) is 0 Å². The quantitative estimate of drug-likeness (QED) is 0.0195. The van der Waals surface area contributed by atoms with Gasteiger partial charge in [0.25, 0.3) is 17.7 Å². The predicted octanol–water partition coefficient (Wildman–Crippen LogP) is 24.2. The largest absolute Gasteiger partial charge is 0.469 e. The fourth-order valence-corrected chi connectivity index (χ4v) is 26.9. The van der Waals surface area contributed by atoms with E-state index in [2.05, 4.69) is 40.9 Å². The minimum absolute atomic E-state index is 0.156. The number of para-hydroxylation sites is 2. The van der Waals surface area contributed by atoms with Crippen LogP contribution in [0.15, 0.2) is 337 Å². The van der Waals surface area contributed by atoms with E-state index in [4.69, 9.17) is 47.5 Å². The van der Waals surface area contributed by atoms with Crippen molar-refractivity contribution in [3.63, 3.8) is 0 Å². The molecule has 0 saturated carbocycles. The van der Waals surface area contributed by atoms with Crippen LogP contribution in [0.3, 0.4) is 0 Å². The number of nitrogens with zero attached hydrogens (tertiary/aromatic N) is 11. The van der Waals surface area contributed by atoms with Crippen LogP contribution in [0.25, 0.3) is 112 Å². The Kier molecular flexibility index (Phi) is 32.0. The van der Waals surface area contributed by atoms with Crippen molar-refractivity contribution in [1.29, 1.82) is 0 Å². The molecule has 0 radical (unpaired) electrons. The number of pyridine rings is 3. The van der Waals surface area contributed by atoms with E-state index in [9.17, 15) is 28.8 Å². The van der Waals surface area contributed by atoms with Crippen molar-refractivity contribution in [2.24, 2.45) is 17.8 Å². The van der Waals surface area contributed by atoms with Crippen LogP contribution in [0.5, 0.6) is 17.2 Å². The number of nitrogens with one attached hydrogen (secondary N) is 3. The summed E-state index contributed by atoms with van der Waals surface area (Å²) < 4.78 is 92.2. The highest BCUT2D eigenvalue weighted by molar-refractivity contribution is 8.00. The summed E-state index contributed by atoms with van der Waals surface area (Å²) >= 11 is 5.74. The molecule has 9 aromatic heterocycles. The molecule has 6 atom stereocenters. The molecule has 0 aliphatic rings. The van der Waals surface area contributed by atoms with Crippen molar-refractivity contribution < 1.29 is 74.7 Å². The predicted molar refractivity (Wildman–Crippen MR) is 575 cm³/mol. The molecule has 736 valence electrons. The number of amides is 3. The van der Waals surface area contributed by atoms with E-state index in [0.717, 1.165) is 61.6 Å². The standard InChI is InChI=1S/C39H33N4O6PS.C35H31N6O5PS.C35H31N4O5PS2/c1-25(39(45)47-3)24-50(46,49-35-16-10-15-34-37(35)29-12-4-6-14-33(29)48-34)43-32-23-27(51-36-17-7-5-13-30(36)38(44)40-2)19-20-28(32)31(42-43)21-18-26-11-8-9-22-41-26;1-23(35(43)45-3)22-47(44,46-31-12-8-11-29-33(31)39-20-19-38-29)41-30-21-25(48-32-13-5-4-10-27(32)34(42)36-2)15-16-26(30)28(40-41)17-14-24-9-6-7-18-37-24;1-23(35(41)43-3)22-45(42,44-31-11-8-13-32-27(31)18-20-46-32)39-30-21-25(47-33-12-5-4-10-28(33)34(40)36-2)15-16-26(30)29(38-39)17-14-24-9-6-7-19-37-24/h4-23,25H,24H2,1-3H3,(H,40,44);4-21,23H,22H2,1-3H3,(H,36,42);4-21,23H,22H2,1-3H3,(H,36,40)/b21-18+;2*17-14+/t25-,50?;23-,47?;23-,45?/m111/s1. The lowest BCUT2D eigenvalue weighted by molar-refractivity contribution is -0.144. The summed E-state index contributed by atoms with van der Waals surface area (Å²) in [5, 5.41) is 29.1. The molecular formula is C109H95N14O16P3S4. The Morgan fingerprint density at radius 3 is 1.16 bits per heavy atom. The van der Waals surface area contributed by atoms with Gasteiger partial charge in [0.05, 0.1) is 136 Å². The average Bonchev–Trinajstić information content (AvgIpc) is 1.58. The van der Waals surface area contributed by atoms with Crippen molar-refractivity contribution in [1.82, 2.24) is 69.5 Å². The Bertz CT molecular complexity index is 8390. The number of thiophene rings is 1. The number of esters is 3. The molecule has 146 heavy (non-hydrogen) atoms. The molecule has 3 unspecified atom stereocenters. The second kappa shape index (κ2) is 45.9. The summed E-state index contributed by atoms with van der Waals surface area (Å²) in [6.45, 7) is 4.95. The van der Waals surface area contributed by atoms with Crippen molar-refractivity contribution in [3.8, 4) is 17.2 Å². The van der Waals surface area contributed by atoms with Gasteiger partial charge in [0.2, 0.25) is 0 Å². The molecule has 37 heteroatoms. The smallest absolute Gasteiger partial charge is 0.364 e. The minimum Gasteiger partial charge on any atom is -0.469 e. The molecule has 0 aliphatic carbocycles. The maximum absolute atomic E-state index is 15.6. The highest BCUT2D eigenvalue weighted by Gasteiger charge is 2.41. The van der Waals surface area contributed by atoms with Crippen molar-refractivity contribution in [3.05, 3.63) is 354 Å². The van der Waals surface area contributed by atoms with Crippen molar-refractivity contribution in [2.45, 2.75) is 50.1 Å². The van der Waals surface area contributed by atoms with E-state index in [0.29, 0.717) is 106 Å². The van der Waals surface area contributed by atoms with Gasteiger partial charge in [-0.1, -0.05) is 147 Å². The van der Waals surface area contributed by atoms with Crippen LogP contribution >= 0.6 is 69.2 Å². The number of hydrogen-bond donors (Lipinski definition) is 3. The SMILES string of the molecule is CNC(=O)c1ccccc1Sc1ccc2c(/C=C/c3ccccn3)nn(P(=O)(C[C@@H](C)C(=O)OC)Oc3cccc4nccnc34)c2c1.CNC(=O)c1ccccc1Sc1ccc2c(/C=C/c3ccccn3)nn(P(=O)(C[C@@H](C)C(=O)OC)Oc3cccc4oc5ccccc5c34)c2c1.CNC(=O)c1ccccc1Sc1ccc2c(/C=C/c3ccccn3)nn(P(=O)(C[C@@H](C)C(=O)OC)Oc3cccc4sccc34)c2c1. The second-order valence-corrected chi connectivity index (χ2v) is 44.1. The third-order valence-electron chi connectivity index (χ3n) is 23.2. The monoisotopic (exact) mass is 2080 g/mol. The number of carbonyl (C=O) groups excluding carboxylic acids is 6. The molecule has 19 rings (SSSR count). The summed E-state index contributed by atoms with van der Waals surface area (Å²) in [6.07, 6.45) is 18.5. The lowest BCUT2D eigenvalue weighted by Gasteiger charge is -2.23. The number of carbonyl (C=O) groups is 6. The number of aromatic nitrogens is 11. The van der Waals surface area contributed by atoms with Gasteiger partial charge >= 0.3 is 40.5 Å². The maximum Gasteiger partial charge on any atom is 0.364 e. The van der Waals surface area contributed by atoms with Gasteiger partial charge < -0.3 is 48.1 Å². The first-order chi connectivity index (χ1) is 70.9. The van der Waals surface area contributed by atoms with Gasteiger partial charge in [-0.25, -0.2) is 4.98 Å². The van der Waals surface area contributed by atoms with E-state index in [1.807, 2.05) is 242 Å². The summed E-state index contributed by atoms with van der Waals surface area (Å²) in [5.41, 5.74) is 9.12. The minimum atomic E-state index is -4.09. The van der Waals surface area contributed by atoms with Crippen LogP contribution in [0.4, 0.5) is 0 Å². The Labute approximate surface area is 855 Å². The fraction of sp³-hybridized carbons (Fsp3) is 0.138. The second-order valence-electron chi connectivity index (χ2n) is 33.2. The third kappa shape index (κ3) is 22.9. The van der Waals surface area contributed by atoms with Crippen molar-refractivity contribution in [2.75, 3.05) is 61.0 Å². The summed E-state index contributed by atoms with van der Waals surface area (Å²) in [6, 6.07) is 81.4. The van der Waals surface area contributed by atoms with Gasteiger partial charge in [0.1, 0.15) is 28.2 Å². The van der Waals surface area contributed by atoms with Crippen LogP contribution in [-0.2, 0) is 42.3 Å². The summed E-state index contributed by atoms with van der Waals surface area (Å²) in [5.74, 6) is -3.53. The molecule has 3 N–H and O–H groups in total. The Morgan fingerprint density at radius 1 is 0.370 bits per heavy atom. The topological polar surface area (TPSA) is 376 Å². The van der Waals surface area contributed by atoms with Crippen LogP contribution in [0, 0.1) is 17.8 Å². The van der Waals surface area contributed by atoms with E-state index < -0.39 is 58.2 Å². The zero-order valence-corrected chi connectivity index (χ0v) is 86.1. The highest BCUT2D eigenvalue weighted by Crippen LogP contribution is 2.58. The molecule has 30 nitrogen and oxygen atoms in total. The maximum atomic E-state index is 15.6. The molecule has 19 aromatic rings. The number of furan rings is 1. The summed E-state index contributed by atoms with van der Waals surface area (Å²) in [7, 11) is -3.45. The molecular weight excluding hydrogens is 1980 g/mol. The molecule has 0 spiro atoms. The number of rotatable bonds is 33. The molecule has 0 fully saturated rings. The molecule has 9 heterocycles. The first-order valence-corrected chi connectivity index (χ1v) is 54.5. The Hall–Kier alpha value is -15.7. The van der Waals surface area contributed by atoms with Crippen LogP contribution in [-0.4, -0.2) is 150 Å². The van der Waals surface area contributed by atoms with E-state index in [1.165, 1.54) is 76.2 Å². The number of methoxy groups -OCH3 is 3. The Morgan fingerprint density at radius 2 is 0.740 bits per heavy atom. The normalized spacial score (nSPS) is 13.4. The molecule has 0 aliphatic heterocycles. The number of ether oxygens (including phenoxy) is 3. The fourth-order valence-electron chi connectivity index (χ4n) is 16.2. The van der Waals surface area contributed by atoms with E-state index in [1.54, 1.807) is 145 Å². The molecule has 10 aromatic carbocycles. The first kappa shape index (κ1) is 102. The Balaban J connectivity index is 0.000000150. The summed E-state index contributed by atoms with van der Waals surface area (Å²) in [4.78, 5) is 103. The van der Waals surface area contributed by atoms with E-state index >= 15 is 13.7 Å². The van der Waals surface area contributed by atoms with Gasteiger partial charge in [-0.05, 0) is 218 Å². The number of fused-ring (bicyclic) bond motifs is 8. The first-order valence-electron chi connectivity index (χ1n) is 45.9. The number of hydrogen-bond acceptors (Lipinski definition) is 28.